The quantitative estimate of drug-likeness (QED) is 0.835. The molecular weight excluding hydrogens is 390 g/mol. The van der Waals surface area contributed by atoms with Crippen LogP contribution >= 0.6 is 0 Å². The number of hydrogen-bond donors (Lipinski definition) is 1. The van der Waals surface area contributed by atoms with Crippen LogP contribution in [-0.4, -0.2) is 45.3 Å². The number of carbonyl (C=O) groups is 2. The number of nitrogens with zero attached hydrogens (tertiary/aromatic N) is 2. The first-order valence-electron chi connectivity index (χ1n) is 9.67. The highest BCUT2D eigenvalue weighted by Crippen LogP contribution is 2.31. The van der Waals surface area contributed by atoms with Crippen molar-refractivity contribution in [2.24, 2.45) is 0 Å². The Hall–Kier alpha value is -2.87. The molecule has 2 heterocycles. The Bertz CT molecular complexity index is 1080. The molecule has 2 aromatic rings. The first-order valence-corrected chi connectivity index (χ1v) is 11.2. The van der Waals surface area contributed by atoms with E-state index in [1.807, 2.05) is 0 Å². The average molecular weight is 413 g/mol. The molecule has 1 saturated heterocycles. The molecule has 0 radical (unpaired) electrons. The zero-order chi connectivity index (χ0) is 20.6. The molecule has 0 aliphatic carbocycles. The van der Waals surface area contributed by atoms with E-state index in [1.54, 1.807) is 42.3 Å². The maximum absolute atomic E-state index is 13.0. The number of para-hydroxylation sites is 1. The lowest BCUT2D eigenvalue weighted by molar-refractivity contribution is -0.117. The number of likely N-dealkylation sites (N-methyl/N-ethyl adjacent to an activating group) is 1. The van der Waals surface area contributed by atoms with Gasteiger partial charge in [-0.05, 0) is 55.2 Å². The van der Waals surface area contributed by atoms with Crippen molar-refractivity contribution in [2.45, 2.75) is 30.6 Å². The normalized spacial score (nSPS) is 16.7. The molecular formula is C21H23N3O4S. The Morgan fingerprint density at radius 1 is 1.03 bits per heavy atom. The maximum atomic E-state index is 13.0. The summed E-state index contributed by atoms with van der Waals surface area (Å²) in [6.45, 7) is 1.37. The second kappa shape index (κ2) is 7.51. The Balaban J connectivity index is 1.62. The molecule has 0 saturated carbocycles. The Kier molecular flexibility index (Phi) is 5.04. The molecule has 7 nitrogen and oxygen atoms in total. The molecule has 2 aliphatic rings. The van der Waals surface area contributed by atoms with E-state index in [4.69, 9.17) is 0 Å². The molecule has 0 atom stereocenters. The van der Waals surface area contributed by atoms with Crippen LogP contribution < -0.4 is 9.62 Å². The summed E-state index contributed by atoms with van der Waals surface area (Å²) in [7, 11) is -2.24. The molecule has 2 aliphatic heterocycles. The highest BCUT2D eigenvalue weighted by Gasteiger charge is 2.27. The van der Waals surface area contributed by atoms with Crippen molar-refractivity contribution in [3.8, 4) is 0 Å². The number of anilines is 2. The third-order valence-electron chi connectivity index (χ3n) is 5.48. The summed E-state index contributed by atoms with van der Waals surface area (Å²) in [5.74, 6) is -0.232. The predicted molar refractivity (Wildman–Crippen MR) is 111 cm³/mol. The molecule has 0 aromatic heterocycles. The van der Waals surface area contributed by atoms with Crippen LogP contribution in [0.1, 0.15) is 35.2 Å². The third-order valence-corrected chi connectivity index (χ3v) is 6.85. The number of likely N-dealkylation sites (tertiary alicyclic amines) is 1. The van der Waals surface area contributed by atoms with Crippen LogP contribution in [0.3, 0.4) is 0 Å². The van der Waals surface area contributed by atoms with E-state index in [0.29, 0.717) is 24.2 Å². The first kappa shape index (κ1) is 19.4. The van der Waals surface area contributed by atoms with Crippen LogP contribution in [0.4, 0.5) is 11.4 Å². The van der Waals surface area contributed by atoms with E-state index in [2.05, 4.69) is 4.72 Å². The number of benzene rings is 2. The van der Waals surface area contributed by atoms with Crippen LogP contribution in [0, 0.1) is 0 Å². The summed E-state index contributed by atoms with van der Waals surface area (Å²) in [5.41, 5.74) is 2.00. The molecule has 0 unspecified atom stereocenters. The van der Waals surface area contributed by atoms with Crippen LogP contribution in [0.25, 0.3) is 0 Å². The number of fused-ring (bicyclic) bond motifs is 1. The minimum Gasteiger partial charge on any atom is -0.339 e. The van der Waals surface area contributed by atoms with E-state index in [0.717, 1.165) is 24.9 Å². The lowest BCUT2D eigenvalue weighted by Crippen LogP contribution is -2.36. The Morgan fingerprint density at radius 3 is 2.52 bits per heavy atom. The zero-order valence-electron chi connectivity index (χ0n) is 16.2. The molecule has 4 rings (SSSR count). The average Bonchev–Trinajstić information content (AvgIpc) is 3.01. The fourth-order valence-corrected chi connectivity index (χ4v) is 4.97. The summed E-state index contributed by atoms with van der Waals surface area (Å²) in [4.78, 5) is 28.1. The van der Waals surface area contributed by atoms with Crippen molar-refractivity contribution in [3.05, 3.63) is 53.6 Å². The van der Waals surface area contributed by atoms with E-state index in [1.165, 1.54) is 17.0 Å². The van der Waals surface area contributed by atoms with Gasteiger partial charge in [-0.25, -0.2) is 8.42 Å². The van der Waals surface area contributed by atoms with Gasteiger partial charge in [-0.3, -0.25) is 14.3 Å². The van der Waals surface area contributed by atoms with Crippen molar-refractivity contribution in [3.63, 3.8) is 0 Å². The number of sulfonamides is 1. The van der Waals surface area contributed by atoms with Gasteiger partial charge in [0.1, 0.15) is 0 Å². The lowest BCUT2D eigenvalue weighted by Gasteiger charge is -2.27. The molecule has 1 fully saturated rings. The largest absolute Gasteiger partial charge is 0.339 e. The molecule has 2 amide bonds. The topological polar surface area (TPSA) is 86.8 Å². The number of carbonyl (C=O) groups excluding carboxylic acids is 2. The van der Waals surface area contributed by atoms with Crippen LogP contribution in [0.2, 0.25) is 0 Å². The minimum absolute atomic E-state index is 0.0691. The second-order valence-electron chi connectivity index (χ2n) is 7.42. The van der Waals surface area contributed by atoms with Crippen molar-refractivity contribution in [1.82, 2.24) is 4.90 Å². The number of hydrogen-bond acceptors (Lipinski definition) is 4. The maximum Gasteiger partial charge on any atom is 0.261 e. The minimum atomic E-state index is -3.91. The smallest absolute Gasteiger partial charge is 0.261 e. The standard InChI is InChI=1S/C21H23N3O4S/c1-23-19-10-9-16(13-15(19)14-20(23)25)29(27,28)22-18-8-4-3-7-17(18)21(26)24-11-5-2-6-12-24/h3-4,7-10,13,22H,2,5-6,11-12,14H2,1H3. The predicted octanol–water partition coefficient (Wildman–Crippen LogP) is 2.63. The summed E-state index contributed by atoms with van der Waals surface area (Å²) in [6.07, 6.45) is 3.21. The molecule has 2 aromatic carbocycles. The van der Waals surface area contributed by atoms with E-state index in [-0.39, 0.29) is 28.8 Å². The highest BCUT2D eigenvalue weighted by molar-refractivity contribution is 7.92. The van der Waals surface area contributed by atoms with Crippen LogP contribution in [-0.2, 0) is 21.2 Å². The van der Waals surface area contributed by atoms with Crippen molar-refractivity contribution in [2.75, 3.05) is 29.8 Å². The van der Waals surface area contributed by atoms with Gasteiger partial charge >= 0.3 is 0 Å². The van der Waals surface area contributed by atoms with Crippen molar-refractivity contribution < 1.29 is 18.0 Å². The number of nitrogens with one attached hydrogen (secondary N) is 1. The number of amides is 2. The fraction of sp³-hybridized carbons (Fsp3) is 0.333. The molecule has 152 valence electrons. The summed E-state index contributed by atoms with van der Waals surface area (Å²) >= 11 is 0. The van der Waals surface area contributed by atoms with Crippen LogP contribution in [0.5, 0.6) is 0 Å². The molecule has 1 N–H and O–H groups in total. The molecule has 8 heteroatoms. The van der Waals surface area contributed by atoms with Gasteiger partial charge in [-0.2, -0.15) is 0 Å². The van der Waals surface area contributed by atoms with Crippen molar-refractivity contribution >= 4 is 33.2 Å². The van der Waals surface area contributed by atoms with Gasteiger partial charge in [0.2, 0.25) is 5.91 Å². The molecule has 0 bridgehead atoms. The fourth-order valence-electron chi connectivity index (χ4n) is 3.84. The Labute approximate surface area is 170 Å². The van der Waals surface area contributed by atoms with Gasteiger partial charge in [-0.1, -0.05) is 12.1 Å². The zero-order valence-corrected chi connectivity index (χ0v) is 17.0. The van der Waals surface area contributed by atoms with E-state index >= 15 is 0 Å². The lowest BCUT2D eigenvalue weighted by atomic mass is 10.1. The second-order valence-corrected chi connectivity index (χ2v) is 9.11. The first-order chi connectivity index (χ1) is 13.9. The third kappa shape index (κ3) is 3.72. The Morgan fingerprint density at radius 2 is 1.76 bits per heavy atom. The van der Waals surface area contributed by atoms with Gasteiger partial charge in [-0.15, -0.1) is 0 Å². The summed E-state index contributed by atoms with van der Waals surface area (Å²) in [6, 6.07) is 11.3. The summed E-state index contributed by atoms with van der Waals surface area (Å²) in [5, 5.41) is 0. The number of piperidine rings is 1. The van der Waals surface area contributed by atoms with Crippen molar-refractivity contribution in [1.29, 1.82) is 0 Å². The highest BCUT2D eigenvalue weighted by atomic mass is 32.2. The van der Waals surface area contributed by atoms with E-state index in [9.17, 15) is 18.0 Å². The monoisotopic (exact) mass is 413 g/mol. The SMILES string of the molecule is CN1C(=O)Cc2cc(S(=O)(=O)Nc3ccccc3C(=O)N3CCCCC3)ccc21. The van der Waals surface area contributed by atoms with E-state index < -0.39 is 10.0 Å². The van der Waals surface area contributed by atoms with Crippen LogP contribution in [0.15, 0.2) is 47.4 Å². The van der Waals surface area contributed by atoms with Gasteiger partial charge in [0.05, 0.1) is 22.6 Å². The molecule has 0 spiro atoms. The van der Waals surface area contributed by atoms with Gasteiger partial charge < -0.3 is 9.80 Å². The molecule has 29 heavy (non-hydrogen) atoms. The van der Waals surface area contributed by atoms with Gasteiger partial charge in [0, 0.05) is 25.8 Å². The van der Waals surface area contributed by atoms with Gasteiger partial charge in [0.25, 0.3) is 15.9 Å². The number of rotatable bonds is 4. The summed E-state index contributed by atoms with van der Waals surface area (Å²) < 4.78 is 28.5. The van der Waals surface area contributed by atoms with Gasteiger partial charge in [0.15, 0.2) is 0 Å².